The van der Waals surface area contributed by atoms with Crippen molar-refractivity contribution in [3.8, 4) is 0 Å². The molecule has 0 aromatic heterocycles. The highest BCUT2D eigenvalue weighted by atomic mass is 16.3. The third kappa shape index (κ3) is 2.13. The van der Waals surface area contributed by atoms with Crippen LogP contribution in [0.15, 0.2) is 11.6 Å². The first kappa shape index (κ1) is 15.9. The number of ketones is 1. The summed E-state index contributed by atoms with van der Waals surface area (Å²) in [5, 5.41) is 10.1. The zero-order valence-corrected chi connectivity index (χ0v) is 15.0. The van der Waals surface area contributed by atoms with Crippen molar-refractivity contribution >= 4 is 5.78 Å². The summed E-state index contributed by atoms with van der Waals surface area (Å²) in [6.07, 6.45) is 11.5. The van der Waals surface area contributed by atoms with E-state index in [1.807, 2.05) is 6.92 Å². The van der Waals surface area contributed by atoms with Crippen LogP contribution in [0, 0.1) is 34.5 Å². The number of carbonyl (C=O) groups excluding carboxylic acids is 1. The summed E-state index contributed by atoms with van der Waals surface area (Å²) in [5.41, 5.74) is 2.11. The molecule has 0 aliphatic heterocycles. The predicted molar refractivity (Wildman–Crippen MR) is 91.9 cm³/mol. The molecule has 23 heavy (non-hydrogen) atoms. The van der Waals surface area contributed by atoms with Gasteiger partial charge in [0.1, 0.15) is 5.78 Å². The van der Waals surface area contributed by atoms with Gasteiger partial charge in [0, 0.05) is 5.92 Å². The van der Waals surface area contributed by atoms with E-state index in [1.54, 1.807) is 5.57 Å². The smallest absolute Gasteiger partial charge is 0.133 e. The van der Waals surface area contributed by atoms with Crippen LogP contribution in [0.25, 0.3) is 0 Å². The van der Waals surface area contributed by atoms with E-state index in [9.17, 15) is 9.90 Å². The molecule has 4 aliphatic rings. The predicted octanol–water partition coefficient (Wildman–Crippen LogP) is 4.52. The average Bonchev–Trinajstić information content (AvgIpc) is 2.85. The van der Waals surface area contributed by atoms with E-state index in [0.717, 1.165) is 43.4 Å². The number of hydrogen-bond donors (Lipinski definition) is 1. The Bertz CT molecular complexity index is 550. The lowest BCUT2D eigenvalue weighted by atomic mass is 9.47. The van der Waals surface area contributed by atoms with Crippen LogP contribution in [0.5, 0.6) is 0 Å². The molecule has 3 fully saturated rings. The van der Waals surface area contributed by atoms with Crippen molar-refractivity contribution in [1.29, 1.82) is 0 Å². The molecule has 0 spiro atoms. The Hall–Kier alpha value is -0.630. The fourth-order valence-electron chi connectivity index (χ4n) is 7.31. The monoisotopic (exact) mass is 316 g/mol. The quantitative estimate of drug-likeness (QED) is 0.722. The van der Waals surface area contributed by atoms with Gasteiger partial charge in [-0.1, -0.05) is 25.5 Å². The van der Waals surface area contributed by atoms with Crippen LogP contribution >= 0.6 is 0 Å². The standard InChI is InChI=1S/C21H32O2/c1-13(22)17-6-7-18-16-5-4-14-12-15(23)8-10-20(14,2)19(16)9-11-21(17,18)3/h4,15-19,23H,5-12H2,1-3H3/t15-,16?,17+,18?,19?,20?,21+/m0/s1. The highest BCUT2D eigenvalue weighted by Crippen LogP contribution is 2.66. The Morgan fingerprint density at radius 1 is 1.13 bits per heavy atom. The fraction of sp³-hybridized carbons (Fsp3) is 0.857. The number of aliphatic hydroxyl groups is 1. The van der Waals surface area contributed by atoms with Gasteiger partial charge >= 0.3 is 0 Å². The Balaban J connectivity index is 1.66. The Labute approximate surface area is 140 Å². The molecule has 0 bridgehead atoms. The molecule has 0 amide bonds. The van der Waals surface area contributed by atoms with Gasteiger partial charge in [-0.25, -0.2) is 0 Å². The van der Waals surface area contributed by atoms with Crippen LogP contribution in [0.4, 0.5) is 0 Å². The van der Waals surface area contributed by atoms with Gasteiger partial charge < -0.3 is 5.11 Å². The molecule has 4 rings (SSSR count). The van der Waals surface area contributed by atoms with Crippen molar-refractivity contribution < 1.29 is 9.90 Å². The fourth-order valence-corrected chi connectivity index (χ4v) is 7.31. The normalized spacial score (nSPS) is 52.2. The molecule has 0 heterocycles. The lowest BCUT2D eigenvalue weighted by Crippen LogP contribution is -2.50. The average molecular weight is 316 g/mol. The number of rotatable bonds is 1. The summed E-state index contributed by atoms with van der Waals surface area (Å²) in [6, 6.07) is 0. The number of aliphatic hydroxyl groups excluding tert-OH is 1. The highest BCUT2D eigenvalue weighted by Gasteiger charge is 2.59. The minimum atomic E-state index is -0.117. The number of fused-ring (bicyclic) bond motifs is 5. The van der Waals surface area contributed by atoms with Gasteiger partial charge in [-0.2, -0.15) is 0 Å². The Kier molecular flexibility index (Phi) is 3.58. The zero-order chi connectivity index (χ0) is 16.4. The minimum absolute atomic E-state index is 0.117. The topological polar surface area (TPSA) is 37.3 Å². The number of hydrogen-bond acceptors (Lipinski definition) is 2. The van der Waals surface area contributed by atoms with Crippen molar-refractivity contribution in [2.24, 2.45) is 34.5 Å². The van der Waals surface area contributed by atoms with E-state index in [1.165, 1.54) is 25.7 Å². The van der Waals surface area contributed by atoms with Crippen LogP contribution in [0.2, 0.25) is 0 Å². The number of carbonyl (C=O) groups is 1. The van der Waals surface area contributed by atoms with Gasteiger partial charge in [-0.05, 0) is 86.9 Å². The second-order valence-corrected chi connectivity index (χ2v) is 9.44. The van der Waals surface area contributed by atoms with Gasteiger partial charge in [0.15, 0.2) is 0 Å². The molecule has 128 valence electrons. The van der Waals surface area contributed by atoms with Crippen molar-refractivity contribution in [1.82, 2.24) is 0 Å². The van der Waals surface area contributed by atoms with Crippen LogP contribution in [0.3, 0.4) is 0 Å². The maximum Gasteiger partial charge on any atom is 0.133 e. The third-order valence-corrected chi connectivity index (χ3v) is 8.57. The molecule has 0 saturated heterocycles. The molecule has 2 nitrogen and oxygen atoms in total. The van der Waals surface area contributed by atoms with Crippen molar-refractivity contribution in [3.05, 3.63) is 11.6 Å². The molecule has 3 saturated carbocycles. The van der Waals surface area contributed by atoms with E-state index in [0.29, 0.717) is 17.1 Å². The maximum atomic E-state index is 12.2. The van der Waals surface area contributed by atoms with Gasteiger partial charge in [0.2, 0.25) is 0 Å². The second kappa shape index (κ2) is 5.18. The molecule has 0 aromatic carbocycles. The number of Topliss-reactive ketones (excluding diaryl/α,β-unsaturated/α-hetero) is 1. The van der Waals surface area contributed by atoms with Crippen molar-refractivity contribution in [3.63, 3.8) is 0 Å². The summed E-state index contributed by atoms with van der Waals surface area (Å²) >= 11 is 0. The SMILES string of the molecule is CC(=O)[C@H]1CCC2C3CC=C4C[C@@H](O)CCC4(C)C3CC[C@@]21C. The number of allylic oxidation sites excluding steroid dienone is 1. The van der Waals surface area contributed by atoms with Gasteiger partial charge in [0.25, 0.3) is 0 Å². The second-order valence-electron chi connectivity index (χ2n) is 9.44. The summed E-state index contributed by atoms with van der Waals surface area (Å²) in [6.45, 7) is 6.70. The lowest BCUT2D eigenvalue weighted by Gasteiger charge is -2.57. The van der Waals surface area contributed by atoms with Gasteiger partial charge in [-0.3, -0.25) is 4.79 Å². The van der Waals surface area contributed by atoms with Crippen molar-refractivity contribution in [2.75, 3.05) is 0 Å². The van der Waals surface area contributed by atoms with Gasteiger partial charge in [0.05, 0.1) is 6.10 Å². The molecule has 0 radical (unpaired) electrons. The molecule has 4 aliphatic carbocycles. The summed E-state index contributed by atoms with van der Waals surface area (Å²) in [5.74, 6) is 3.00. The molecule has 7 atom stereocenters. The van der Waals surface area contributed by atoms with Crippen LogP contribution in [-0.4, -0.2) is 17.0 Å². The van der Waals surface area contributed by atoms with Crippen molar-refractivity contribution in [2.45, 2.75) is 78.2 Å². The molecular formula is C21H32O2. The first-order chi connectivity index (χ1) is 10.9. The Morgan fingerprint density at radius 2 is 1.91 bits per heavy atom. The van der Waals surface area contributed by atoms with Crippen LogP contribution < -0.4 is 0 Å². The van der Waals surface area contributed by atoms with E-state index in [2.05, 4.69) is 19.9 Å². The van der Waals surface area contributed by atoms with E-state index in [-0.39, 0.29) is 11.5 Å². The van der Waals surface area contributed by atoms with E-state index >= 15 is 0 Å². The molecule has 0 aromatic rings. The minimum Gasteiger partial charge on any atom is -0.393 e. The molecule has 1 N–H and O–H groups in total. The summed E-state index contributed by atoms with van der Waals surface area (Å²) in [4.78, 5) is 12.2. The Morgan fingerprint density at radius 3 is 2.65 bits per heavy atom. The highest BCUT2D eigenvalue weighted by molar-refractivity contribution is 5.79. The molecular weight excluding hydrogens is 284 g/mol. The lowest BCUT2D eigenvalue weighted by molar-refractivity contribution is -0.127. The first-order valence-electron chi connectivity index (χ1n) is 9.74. The summed E-state index contributed by atoms with van der Waals surface area (Å²) in [7, 11) is 0. The van der Waals surface area contributed by atoms with Crippen LogP contribution in [0.1, 0.15) is 72.1 Å². The third-order valence-electron chi connectivity index (χ3n) is 8.57. The largest absolute Gasteiger partial charge is 0.393 e. The zero-order valence-electron chi connectivity index (χ0n) is 15.0. The molecule has 4 unspecified atom stereocenters. The van der Waals surface area contributed by atoms with Crippen LogP contribution in [-0.2, 0) is 4.79 Å². The van der Waals surface area contributed by atoms with E-state index in [4.69, 9.17) is 0 Å². The molecule has 2 heteroatoms. The maximum absolute atomic E-state index is 12.2. The van der Waals surface area contributed by atoms with Gasteiger partial charge in [-0.15, -0.1) is 0 Å². The first-order valence-corrected chi connectivity index (χ1v) is 9.74. The van der Waals surface area contributed by atoms with E-state index < -0.39 is 0 Å². The summed E-state index contributed by atoms with van der Waals surface area (Å²) < 4.78 is 0.